The van der Waals surface area contributed by atoms with Gasteiger partial charge in [0, 0.05) is 24.1 Å². The summed E-state index contributed by atoms with van der Waals surface area (Å²) in [7, 11) is 1.66. The zero-order chi connectivity index (χ0) is 19.2. The maximum absolute atomic E-state index is 9.39. The van der Waals surface area contributed by atoms with Gasteiger partial charge in [-0.25, -0.2) is 0 Å². The largest absolute Gasteiger partial charge is 0.497 e. The maximum atomic E-state index is 9.39. The molecule has 1 unspecified atom stereocenters. The molecule has 0 N–H and O–H groups in total. The van der Waals surface area contributed by atoms with Gasteiger partial charge in [-0.2, -0.15) is 5.26 Å². The third kappa shape index (κ3) is 4.20. The molecular formula is C23H24N2O2. The highest BCUT2D eigenvalue weighted by molar-refractivity contribution is 5.62. The Morgan fingerprint density at radius 1 is 1.30 bits per heavy atom. The zero-order valence-electron chi connectivity index (χ0n) is 16.0. The lowest BCUT2D eigenvalue weighted by Gasteiger charge is -2.27. The summed E-state index contributed by atoms with van der Waals surface area (Å²) in [6.07, 6.45) is 6.40. The molecule has 4 heteroatoms. The molecule has 27 heavy (non-hydrogen) atoms. The van der Waals surface area contributed by atoms with Crippen molar-refractivity contribution in [2.45, 2.75) is 39.0 Å². The number of hydrogen-bond acceptors (Lipinski definition) is 4. The average molecular weight is 360 g/mol. The highest BCUT2D eigenvalue weighted by atomic mass is 16.5. The fraction of sp³-hybridized carbons (Fsp3) is 0.304. The summed E-state index contributed by atoms with van der Waals surface area (Å²) in [4.78, 5) is 4.48. The number of allylic oxidation sites excluding steroid dienone is 3. The summed E-state index contributed by atoms with van der Waals surface area (Å²) >= 11 is 0. The van der Waals surface area contributed by atoms with Crippen molar-refractivity contribution in [2.24, 2.45) is 0 Å². The molecule has 0 bridgehead atoms. The zero-order valence-corrected chi connectivity index (χ0v) is 16.0. The second-order valence-electron chi connectivity index (χ2n) is 6.68. The number of ether oxygens (including phenoxy) is 2. The van der Waals surface area contributed by atoms with Gasteiger partial charge in [-0.05, 0) is 62.6 Å². The molecule has 0 saturated heterocycles. The van der Waals surface area contributed by atoms with Crippen LogP contribution in [0, 0.1) is 11.3 Å². The van der Waals surface area contributed by atoms with Crippen molar-refractivity contribution in [3.63, 3.8) is 0 Å². The van der Waals surface area contributed by atoms with Crippen LogP contribution in [0.4, 0.5) is 0 Å². The van der Waals surface area contributed by atoms with Gasteiger partial charge in [0.05, 0.1) is 18.4 Å². The molecule has 1 aliphatic rings. The normalized spacial score (nSPS) is 17.4. The van der Waals surface area contributed by atoms with Gasteiger partial charge in [-0.3, -0.25) is 4.98 Å². The first-order valence-electron chi connectivity index (χ1n) is 9.18. The van der Waals surface area contributed by atoms with E-state index in [9.17, 15) is 5.26 Å². The first kappa shape index (κ1) is 18.7. The molecule has 1 aliphatic carbocycles. The summed E-state index contributed by atoms with van der Waals surface area (Å²) < 4.78 is 11.7. The minimum absolute atomic E-state index is 0.197. The van der Waals surface area contributed by atoms with Crippen molar-refractivity contribution >= 4 is 5.76 Å². The number of pyridine rings is 1. The van der Waals surface area contributed by atoms with Gasteiger partial charge in [-0.1, -0.05) is 12.1 Å². The predicted molar refractivity (Wildman–Crippen MR) is 106 cm³/mol. The van der Waals surface area contributed by atoms with Crippen LogP contribution in [0.15, 0.2) is 60.0 Å². The topological polar surface area (TPSA) is 55.1 Å². The number of nitrogens with zero attached hydrogens (tertiary/aromatic N) is 2. The van der Waals surface area contributed by atoms with Crippen molar-refractivity contribution in [2.75, 3.05) is 7.11 Å². The van der Waals surface area contributed by atoms with Gasteiger partial charge >= 0.3 is 0 Å². The Balaban J connectivity index is 1.84. The van der Waals surface area contributed by atoms with Crippen LogP contribution in [0.25, 0.3) is 5.76 Å². The first-order chi connectivity index (χ1) is 13.2. The standard InChI is InChI=1S/C23H24N2O2/c1-4-21(17-7-5-9-20(13-17)26-3)27-22-14-18(11-10-16(22)2)23-19(15-24)8-6-12-25-23/h4-9,12-13,18H,10-11,14H2,1-3H3/b21-4-. The van der Waals surface area contributed by atoms with Crippen LogP contribution in [0.3, 0.4) is 0 Å². The van der Waals surface area contributed by atoms with Crippen LogP contribution in [-0.4, -0.2) is 12.1 Å². The highest BCUT2D eigenvalue weighted by Crippen LogP contribution is 2.39. The fourth-order valence-electron chi connectivity index (χ4n) is 3.42. The Bertz CT molecular complexity index is 922. The molecule has 2 aromatic rings. The molecule has 3 rings (SSSR count). The van der Waals surface area contributed by atoms with Crippen molar-refractivity contribution in [3.8, 4) is 11.8 Å². The molecule has 1 atom stereocenters. The lowest BCUT2D eigenvalue weighted by atomic mass is 9.85. The molecule has 4 nitrogen and oxygen atoms in total. The molecule has 0 spiro atoms. The third-order valence-corrected chi connectivity index (χ3v) is 4.97. The number of aromatic nitrogens is 1. The van der Waals surface area contributed by atoms with E-state index in [-0.39, 0.29) is 5.92 Å². The van der Waals surface area contributed by atoms with E-state index in [2.05, 4.69) is 18.0 Å². The SMILES string of the molecule is C/C=C(\OC1=C(C)CCC(c2ncccc2C#N)C1)c1cccc(OC)c1. The summed E-state index contributed by atoms with van der Waals surface area (Å²) in [6, 6.07) is 13.8. The number of rotatable bonds is 5. The molecular weight excluding hydrogens is 336 g/mol. The van der Waals surface area contributed by atoms with Crippen molar-refractivity contribution in [3.05, 3.63) is 76.8 Å². The van der Waals surface area contributed by atoms with E-state index in [1.807, 2.05) is 49.4 Å². The summed E-state index contributed by atoms with van der Waals surface area (Å²) in [5.74, 6) is 2.78. The molecule has 0 amide bonds. The van der Waals surface area contributed by atoms with Crippen LogP contribution in [0.1, 0.15) is 55.8 Å². The predicted octanol–water partition coefficient (Wildman–Crippen LogP) is 5.58. The van der Waals surface area contributed by atoms with E-state index >= 15 is 0 Å². The third-order valence-electron chi connectivity index (χ3n) is 4.97. The molecule has 0 radical (unpaired) electrons. The fourth-order valence-corrected chi connectivity index (χ4v) is 3.42. The van der Waals surface area contributed by atoms with Crippen molar-refractivity contribution in [1.29, 1.82) is 5.26 Å². The molecule has 0 saturated carbocycles. The van der Waals surface area contributed by atoms with Gasteiger partial charge in [0.15, 0.2) is 0 Å². The Hall–Kier alpha value is -3.06. The Morgan fingerprint density at radius 3 is 2.89 bits per heavy atom. The molecule has 0 aliphatic heterocycles. The summed E-state index contributed by atoms with van der Waals surface area (Å²) in [6.45, 7) is 4.09. The van der Waals surface area contributed by atoms with E-state index in [0.29, 0.717) is 5.56 Å². The average Bonchev–Trinajstić information content (AvgIpc) is 2.73. The number of methoxy groups -OCH3 is 1. The van der Waals surface area contributed by atoms with Crippen LogP contribution in [0.2, 0.25) is 0 Å². The molecule has 0 fully saturated rings. The Morgan fingerprint density at radius 2 is 2.15 bits per heavy atom. The summed E-state index contributed by atoms with van der Waals surface area (Å²) in [5, 5.41) is 9.39. The molecule has 1 aromatic carbocycles. The quantitative estimate of drug-likeness (QED) is 0.653. The van der Waals surface area contributed by atoms with Crippen molar-refractivity contribution in [1.82, 2.24) is 4.98 Å². The van der Waals surface area contributed by atoms with Gasteiger partial charge in [0.2, 0.25) is 0 Å². The van der Waals surface area contributed by atoms with E-state index < -0.39 is 0 Å². The van der Waals surface area contributed by atoms with Gasteiger partial charge in [-0.15, -0.1) is 0 Å². The second-order valence-corrected chi connectivity index (χ2v) is 6.68. The van der Waals surface area contributed by atoms with Gasteiger partial charge in [0.25, 0.3) is 0 Å². The molecule has 138 valence electrons. The first-order valence-corrected chi connectivity index (χ1v) is 9.18. The summed E-state index contributed by atoms with van der Waals surface area (Å²) in [5.41, 5.74) is 3.76. The number of nitriles is 1. The Kier molecular flexibility index (Phi) is 5.93. The van der Waals surface area contributed by atoms with Crippen LogP contribution in [0.5, 0.6) is 5.75 Å². The van der Waals surface area contributed by atoms with E-state index in [0.717, 1.165) is 47.8 Å². The monoisotopic (exact) mass is 360 g/mol. The van der Waals surface area contributed by atoms with Gasteiger partial charge < -0.3 is 9.47 Å². The van der Waals surface area contributed by atoms with E-state index in [1.165, 1.54) is 5.57 Å². The second kappa shape index (κ2) is 8.55. The smallest absolute Gasteiger partial charge is 0.130 e. The maximum Gasteiger partial charge on any atom is 0.130 e. The highest BCUT2D eigenvalue weighted by Gasteiger charge is 2.25. The number of benzene rings is 1. The molecule has 1 aromatic heterocycles. The Labute approximate surface area is 160 Å². The minimum atomic E-state index is 0.197. The lowest BCUT2D eigenvalue weighted by Crippen LogP contribution is -2.13. The van der Waals surface area contributed by atoms with E-state index in [4.69, 9.17) is 9.47 Å². The molecule has 1 heterocycles. The minimum Gasteiger partial charge on any atom is -0.497 e. The lowest BCUT2D eigenvalue weighted by molar-refractivity contribution is 0.323. The van der Waals surface area contributed by atoms with Gasteiger partial charge in [0.1, 0.15) is 23.3 Å². The van der Waals surface area contributed by atoms with Crippen LogP contribution in [-0.2, 0) is 4.74 Å². The van der Waals surface area contributed by atoms with Crippen LogP contribution < -0.4 is 4.74 Å². The van der Waals surface area contributed by atoms with Crippen LogP contribution >= 0.6 is 0 Å². The number of hydrogen-bond donors (Lipinski definition) is 0. The van der Waals surface area contributed by atoms with Crippen molar-refractivity contribution < 1.29 is 9.47 Å². The van der Waals surface area contributed by atoms with E-state index in [1.54, 1.807) is 13.3 Å².